The van der Waals surface area contributed by atoms with Crippen LogP contribution in [0.15, 0.2) is 42.7 Å². The lowest BCUT2D eigenvalue weighted by Crippen LogP contribution is -2.28. The van der Waals surface area contributed by atoms with Crippen molar-refractivity contribution in [3.8, 4) is 0 Å². The Labute approximate surface area is 150 Å². The van der Waals surface area contributed by atoms with Gasteiger partial charge in [-0.05, 0) is 31.2 Å². The van der Waals surface area contributed by atoms with E-state index in [4.69, 9.17) is 0 Å². The Morgan fingerprint density at radius 1 is 1.08 bits per heavy atom. The maximum Gasteiger partial charge on any atom is 0.270 e. The third kappa shape index (κ3) is 6.18. The first-order valence-corrected chi connectivity index (χ1v) is 9.13. The first kappa shape index (κ1) is 18.9. The predicted octanol–water partition coefficient (Wildman–Crippen LogP) is 3.47. The molecule has 2 aromatic rings. The third-order valence-electron chi connectivity index (χ3n) is 3.97. The fraction of sp³-hybridized carbons (Fsp3) is 0.450. The summed E-state index contributed by atoms with van der Waals surface area (Å²) in [6, 6.07) is 12.1. The average Bonchev–Trinajstić information content (AvgIpc) is 2.66. The summed E-state index contributed by atoms with van der Waals surface area (Å²) in [5.74, 6) is 0.692. The molecule has 0 fully saturated rings. The highest BCUT2D eigenvalue weighted by Crippen LogP contribution is 2.12. The van der Waals surface area contributed by atoms with Gasteiger partial charge in [0.05, 0.1) is 0 Å². The lowest BCUT2D eigenvalue weighted by Gasteiger charge is -2.22. The summed E-state index contributed by atoms with van der Waals surface area (Å²) < 4.78 is 0. The molecule has 0 aliphatic heterocycles. The molecule has 5 heteroatoms. The molecule has 0 spiro atoms. The summed E-state index contributed by atoms with van der Waals surface area (Å²) in [5.41, 5.74) is 1.72. The van der Waals surface area contributed by atoms with Gasteiger partial charge in [-0.1, -0.05) is 44.2 Å². The monoisotopic (exact) mass is 340 g/mol. The maximum atomic E-state index is 12.3. The van der Waals surface area contributed by atoms with Crippen LogP contribution in [0.4, 0.5) is 5.82 Å². The summed E-state index contributed by atoms with van der Waals surface area (Å²) in [5, 5.41) is 2.95. The molecule has 0 bridgehead atoms. The van der Waals surface area contributed by atoms with Gasteiger partial charge in [0.15, 0.2) is 0 Å². The van der Waals surface area contributed by atoms with Gasteiger partial charge in [0.1, 0.15) is 17.8 Å². The smallest absolute Gasteiger partial charge is 0.270 e. The lowest BCUT2D eigenvalue weighted by molar-refractivity contribution is 0.0948. The maximum absolute atomic E-state index is 12.3. The number of carbonyl (C=O) groups is 1. The fourth-order valence-electron chi connectivity index (χ4n) is 2.75. The van der Waals surface area contributed by atoms with Crippen molar-refractivity contribution in [3.63, 3.8) is 0 Å². The van der Waals surface area contributed by atoms with Gasteiger partial charge >= 0.3 is 0 Å². The molecule has 0 saturated carbocycles. The number of nitrogens with zero attached hydrogens (tertiary/aromatic N) is 3. The van der Waals surface area contributed by atoms with Gasteiger partial charge in [-0.2, -0.15) is 0 Å². The summed E-state index contributed by atoms with van der Waals surface area (Å²) >= 11 is 0. The molecule has 0 aliphatic rings. The van der Waals surface area contributed by atoms with Crippen molar-refractivity contribution in [2.24, 2.45) is 0 Å². The van der Waals surface area contributed by atoms with Crippen LogP contribution in [0.25, 0.3) is 0 Å². The molecule has 1 aromatic heterocycles. The summed E-state index contributed by atoms with van der Waals surface area (Å²) in [4.78, 5) is 23.0. The zero-order valence-electron chi connectivity index (χ0n) is 15.2. The van der Waals surface area contributed by atoms with E-state index in [1.54, 1.807) is 6.07 Å². The van der Waals surface area contributed by atoms with Crippen LogP contribution < -0.4 is 10.2 Å². The quantitative estimate of drug-likeness (QED) is 0.673. The number of aryl methyl sites for hydroxylation is 1. The molecule has 0 saturated heterocycles. The van der Waals surface area contributed by atoms with Crippen LogP contribution in [-0.4, -0.2) is 35.5 Å². The van der Waals surface area contributed by atoms with Gasteiger partial charge in [0.25, 0.3) is 5.91 Å². The number of benzene rings is 1. The molecule has 134 valence electrons. The highest BCUT2D eigenvalue weighted by Gasteiger charge is 2.12. The van der Waals surface area contributed by atoms with Crippen LogP contribution in [0, 0.1) is 0 Å². The Bertz CT molecular complexity index is 639. The predicted molar refractivity (Wildman–Crippen MR) is 102 cm³/mol. The molecule has 1 aromatic carbocycles. The van der Waals surface area contributed by atoms with Crippen LogP contribution in [0.3, 0.4) is 0 Å². The first-order valence-electron chi connectivity index (χ1n) is 9.13. The molecular formula is C20H28N4O. The number of hydrogen-bond donors (Lipinski definition) is 1. The van der Waals surface area contributed by atoms with Gasteiger partial charge < -0.3 is 10.2 Å². The minimum atomic E-state index is -0.135. The van der Waals surface area contributed by atoms with Crippen molar-refractivity contribution in [1.82, 2.24) is 15.3 Å². The minimum absolute atomic E-state index is 0.135. The largest absolute Gasteiger partial charge is 0.357 e. The van der Waals surface area contributed by atoms with E-state index in [9.17, 15) is 4.79 Å². The second-order valence-electron chi connectivity index (χ2n) is 6.09. The number of carbonyl (C=O) groups excluding carboxylic acids is 1. The van der Waals surface area contributed by atoms with Crippen molar-refractivity contribution in [1.29, 1.82) is 0 Å². The van der Waals surface area contributed by atoms with Gasteiger partial charge in [-0.15, -0.1) is 0 Å². The molecule has 0 atom stereocenters. The van der Waals surface area contributed by atoms with Crippen molar-refractivity contribution in [2.45, 2.75) is 39.5 Å². The van der Waals surface area contributed by atoms with E-state index in [0.29, 0.717) is 12.2 Å². The molecule has 0 unspecified atom stereocenters. The SMILES string of the molecule is CCCN(CCC)c1cc(C(=O)NCCCc2ccccc2)ncn1. The van der Waals surface area contributed by atoms with E-state index >= 15 is 0 Å². The molecular weight excluding hydrogens is 312 g/mol. The zero-order chi connectivity index (χ0) is 17.9. The van der Waals surface area contributed by atoms with E-state index < -0.39 is 0 Å². The molecule has 1 heterocycles. The molecule has 0 aliphatic carbocycles. The molecule has 5 nitrogen and oxygen atoms in total. The second-order valence-corrected chi connectivity index (χ2v) is 6.09. The molecule has 1 N–H and O–H groups in total. The summed E-state index contributed by atoms with van der Waals surface area (Å²) in [6.07, 6.45) is 5.44. The highest BCUT2D eigenvalue weighted by atomic mass is 16.1. The minimum Gasteiger partial charge on any atom is -0.357 e. The number of anilines is 1. The van der Waals surface area contributed by atoms with Crippen molar-refractivity contribution >= 4 is 11.7 Å². The van der Waals surface area contributed by atoms with E-state index in [0.717, 1.165) is 44.6 Å². The Kier molecular flexibility index (Phi) is 7.89. The molecule has 2 rings (SSSR count). The Morgan fingerprint density at radius 2 is 1.80 bits per heavy atom. The van der Waals surface area contributed by atoms with Crippen LogP contribution in [0.1, 0.15) is 49.2 Å². The molecule has 25 heavy (non-hydrogen) atoms. The van der Waals surface area contributed by atoms with Crippen molar-refractivity contribution < 1.29 is 4.79 Å². The van der Waals surface area contributed by atoms with Gasteiger partial charge in [-0.25, -0.2) is 9.97 Å². The number of nitrogens with one attached hydrogen (secondary N) is 1. The van der Waals surface area contributed by atoms with Crippen LogP contribution in [0.2, 0.25) is 0 Å². The van der Waals surface area contributed by atoms with Crippen molar-refractivity contribution in [3.05, 3.63) is 54.0 Å². The van der Waals surface area contributed by atoms with E-state index in [1.807, 2.05) is 18.2 Å². The van der Waals surface area contributed by atoms with E-state index in [1.165, 1.54) is 11.9 Å². The van der Waals surface area contributed by atoms with Gasteiger partial charge in [-0.3, -0.25) is 4.79 Å². The van der Waals surface area contributed by atoms with Crippen LogP contribution in [-0.2, 0) is 6.42 Å². The number of amides is 1. The average molecular weight is 340 g/mol. The third-order valence-corrected chi connectivity index (χ3v) is 3.97. The fourth-order valence-corrected chi connectivity index (χ4v) is 2.75. The molecule has 1 amide bonds. The Balaban J connectivity index is 1.87. The number of hydrogen-bond acceptors (Lipinski definition) is 4. The van der Waals surface area contributed by atoms with E-state index in [-0.39, 0.29) is 5.91 Å². The number of rotatable bonds is 10. The number of aromatic nitrogens is 2. The van der Waals surface area contributed by atoms with Gasteiger partial charge in [0.2, 0.25) is 0 Å². The summed E-state index contributed by atoms with van der Waals surface area (Å²) in [6.45, 7) is 6.79. The summed E-state index contributed by atoms with van der Waals surface area (Å²) in [7, 11) is 0. The van der Waals surface area contributed by atoms with Crippen LogP contribution >= 0.6 is 0 Å². The Hall–Kier alpha value is -2.43. The van der Waals surface area contributed by atoms with E-state index in [2.05, 4.69) is 46.2 Å². The highest BCUT2D eigenvalue weighted by molar-refractivity contribution is 5.92. The zero-order valence-corrected chi connectivity index (χ0v) is 15.2. The Morgan fingerprint density at radius 3 is 2.48 bits per heavy atom. The first-order chi connectivity index (χ1) is 12.2. The van der Waals surface area contributed by atoms with Crippen molar-refractivity contribution in [2.75, 3.05) is 24.5 Å². The lowest BCUT2D eigenvalue weighted by atomic mass is 10.1. The van der Waals surface area contributed by atoms with Crippen LogP contribution in [0.5, 0.6) is 0 Å². The standard InChI is InChI=1S/C20H28N4O/c1-3-13-24(14-4-2)19-15-18(22-16-23-19)20(25)21-12-8-11-17-9-6-5-7-10-17/h5-7,9-10,15-16H,3-4,8,11-14H2,1-2H3,(H,21,25). The topological polar surface area (TPSA) is 58.1 Å². The molecule has 0 radical (unpaired) electrons. The van der Waals surface area contributed by atoms with Gasteiger partial charge in [0, 0.05) is 25.7 Å². The second kappa shape index (κ2) is 10.4. The normalized spacial score (nSPS) is 10.5.